The molecule has 6 aromatic rings. The Labute approximate surface area is 500 Å². The molecule has 0 spiro atoms. The van der Waals surface area contributed by atoms with Gasteiger partial charge >= 0.3 is 103 Å². The summed E-state index contributed by atoms with van der Waals surface area (Å²) in [5, 5.41) is 16.3. The Morgan fingerprint density at radius 1 is 0.646 bits per heavy atom. The molecule has 326 valence electrons. The number of hydrogen-bond donors (Lipinski definition) is 1. The van der Waals surface area contributed by atoms with E-state index in [1.54, 1.807) is 36.5 Å². The maximum absolute atomic E-state index is 8.64. The Hall–Kier alpha value is -1.75. The van der Waals surface area contributed by atoms with Gasteiger partial charge in [0, 0.05) is 71.8 Å². The molecule has 0 bridgehead atoms. The van der Waals surface area contributed by atoms with Gasteiger partial charge in [0.15, 0.2) is 0 Å². The second kappa shape index (κ2) is 30.0. The second-order valence-electron chi connectivity index (χ2n) is 13.5. The Kier molecular flexibility index (Phi) is 26.6. The molecule has 0 radical (unpaired) electrons. The van der Waals surface area contributed by atoms with E-state index in [0.717, 1.165) is 67.0 Å². The average Bonchev–Trinajstić information content (AvgIpc) is 3.30. The van der Waals surface area contributed by atoms with Crippen molar-refractivity contribution in [3.63, 3.8) is 0 Å². The van der Waals surface area contributed by atoms with Gasteiger partial charge in [0.1, 0.15) is 11.0 Å². The normalized spacial score (nSPS) is 15.0. The molecule has 20 heteroatoms. The van der Waals surface area contributed by atoms with E-state index in [2.05, 4.69) is 56.7 Å². The molecule has 2 aliphatic rings. The van der Waals surface area contributed by atoms with E-state index in [9.17, 15) is 0 Å². The van der Waals surface area contributed by atoms with Crippen LogP contribution in [-0.2, 0) is 9.68 Å². The topological polar surface area (TPSA) is 106 Å². The van der Waals surface area contributed by atoms with Crippen molar-refractivity contribution in [2.75, 3.05) is 54.0 Å². The summed E-state index contributed by atoms with van der Waals surface area (Å²) in [7, 11) is 0. The maximum Gasteiger partial charge on any atom is 1.00 e. The second-order valence-corrected chi connectivity index (χ2v) is 16.4. The molecule has 2 atom stereocenters. The van der Waals surface area contributed by atoms with Crippen LogP contribution in [0.5, 0.6) is 0 Å². The van der Waals surface area contributed by atoms with Crippen molar-refractivity contribution in [1.29, 1.82) is 0 Å². The van der Waals surface area contributed by atoms with E-state index >= 15 is 0 Å². The molecule has 4 heterocycles. The Bertz CT molecular complexity index is 2510. The van der Waals surface area contributed by atoms with Gasteiger partial charge in [-0.05, 0) is 83.9 Å². The third-order valence-corrected chi connectivity index (χ3v) is 11.4. The number of piperazine rings is 2. The smallest absolute Gasteiger partial charge is 1.00 e. The van der Waals surface area contributed by atoms with Crippen LogP contribution in [-0.4, -0.2) is 55.7 Å². The maximum atomic E-state index is 8.64. The van der Waals surface area contributed by atoms with E-state index < -0.39 is 0 Å². The number of hydrogen-bond acceptors (Lipinski definition) is 9. The first-order chi connectivity index (χ1) is 30.4. The third kappa shape index (κ3) is 17.6. The largest absolute Gasteiger partial charge is 1.00 e. The van der Waals surface area contributed by atoms with Gasteiger partial charge in [-0.1, -0.05) is 118 Å². The summed E-state index contributed by atoms with van der Waals surface area (Å²) in [6.07, 6.45) is 3.05. The van der Waals surface area contributed by atoms with Crippen LogP contribution in [0.3, 0.4) is 0 Å². The molecule has 0 saturated carbocycles. The van der Waals surface area contributed by atoms with Crippen molar-refractivity contribution >= 4 is 116 Å². The molecule has 2 saturated heterocycles. The summed E-state index contributed by atoms with van der Waals surface area (Å²) < 4.78 is 0. The number of pyridine rings is 2. The average molecular weight is 1060 g/mol. The van der Waals surface area contributed by atoms with Crippen molar-refractivity contribution in [3.05, 3.63) is 191 Å². The molecule has 2 aliphatic heterocycles. The van der Waals surface area contributed by atoms with Gasteiger partial charge in [0.2, 0.25) is 11.4 Å². The summed E-state index contributed by atoms with van der Waals surface area (Å²) in [6.45, 7) is 18.5. The summed E-state index contributed by atoms with van der Waals surface area (Å²) in [5.41, 5.74) is 5.38. The first-order valence-electron chi connectivity index (χ1n) is 18.9. The number of rotatable bonds is 6. The zero-order valence-corrected chi connectivity index (χ0v) is 46.6. The van der Waals surface area contributed by atoms with E-state index in [-0.39, 0.29) is 123 Å². The number of nitrogens with zero attached hydrogens (tertiary/aromatic N) is 7. The standard InChI is InChI=1S/C22H17Cl3N4.C16H15Cl3N2.C6H3ClN2.CH2O3.2K.H/c1-26-18-7-9-22(27-13-18)28-10-11-29(20-8-6-17(24)12-19(20)25)21(14-28)15-2-4-16(23)5-3-15;17-12-3-1-11(2-4-12)16-10-20-7-8-21(16)15-6-5-13(18)9-14(15)19;1-8-5-2-3-6(7)9-4-5;2-1-4-3;;;/h2-9,12-13,21H,10-11,14H2;1-6,9,16,20H,7-8,10H2;2-4H;1,3H;;;/q;;;;2*+1;-1/p-1/t21-;16-;;;;;/m00...../s1. The Balaban J connectivity index is 0.000000353. The molecule has 8 rings (SSSR count). The van der Waals surface area contributed by atoms with Crippen LogP contribution in [0.2, 0.25) is 35.3 Å². The molecule has 4 aromatic carbocycles. The van der Waals surface area contributed by atoms with Gasteiger partial charge in [-0.2, -0.15) is 0 Å². The Morgan fingerprint density at radius 2 is 1.12 bits per heavy atom. The van der Waals surface area contributed by atoms with E-state index in [0.29, 0.717) is 41.6 Å². The molecule has 65 heavy (non-hydrogen) atoms. The fraction of sp³-hybridized carbons (Fsp3) is 0.178. The predicted octanol–water partition coefficient (Wildman–Crippen LogP) is 6.30. The van der Waals surface area contributed by atoms with Crippen molar-refractivity contribution < 1.29 is 119 Å². The number of halogens is 7. The molecule has 0 amide bonds. The number of nitrogens with one attached hydrogen (secondary N) is 1. The SMILES string of the molecule is Clc1ccc([C@@H]2CNCCN2c2ccc(Cl)cc2Cl)cc1.O=CO[O-].[C-]#[N+]c1ccc(Cl)nc1.[C-]#[N+]c1ccc(N2CCN(c3ccc(Cl)cc3Cl)[C@H](c3ccc(Cl)cc3)C2)nc1.[H-].[K+].[K+]. The summed E-state index contributed by atoms with van der Waals surface area (Å²) >= 11 is 42.5. The van der Waals surface area contributed by atoms with Crippen molar-refractivity contribution in [1.82, 2.24) is 15.3 Å². The Morgan fingerprint density at radius 3 is 1.57 bits per heavy atom. The minimum atomic E-state index is -0.181. The van der Waals surface area contributed by atoms with Crippen LogP contribution in [0.25, 0.3) is 9.69 Å². The number of aromatic nitrogens is 2. The zero-order valence-electron chi connectivity index (χ0n) is 36.0. The minimum absolute atomic E-state index is 0. The van der Waals surface area contributed by atoms with Gasteiger partial charge < -0.3 is 31.6 Å². The van der Waals surface area contributed by atoms with Crippen molar-refractivity contribution in [3.8, 4) is 0 Å². The van der Waals surface area contributed by atoms with E-state index in [1.165, 1.54) is 11.8 Å². The molecule has 11 nitrogen and oxygen atoms in total. The van der Waals surface area contributed by atoms with Crippen LogP contribution in [0.1, 0.15) is 24.6 Å². The van der Waals surface area contributed by atoms with E-state index in [4.69, 9.17) is 104 Å². The number of benzene rings is 4. The zero-order chi connectivity index (χ0) is 45.3. The fourth-order valence-electron chi connectivity index (χ4n) is 6.72. The van der Waals surface area contributed by atoms with Crippen LogP contribution in [0.4, 0.5) is 28.6 Å². The van der Waals surface area contributed by atoms with Crippen molar-refractivity contribution in [2.45, 2.75) is 12.1 Å². The van der Waals surface area contributed by atoms with Gasteiger partial charge in [-0.3, -0.25) is 14.8 Å². The van der Waals surface area contributed by atoms with Crippen molar-refractivity contribution in [2.24, 2.45) is 0 Å². The van der Waals surface area contributed by atoms with Gasteiger partial charge in [0.05, 0.1) is 46.6 Å². The molecular formula is C45H37Cl7K2N8O3. The number of carbonyl (C=O) groups excluding carboxylic acids is 1. The predicted molar refractivity (Wildman–Crippen MR) is 255 cm³/mol. The number of anilines is 3. The van der Waals surface area contributed by atoms with Crippen LogP contribution >= 0.6 is 81.2 Å². The molecular weight excluding hydrogens is 1030 g/mol. The molecule has 0 unspecified atom stereocenters. The van der Waals surface area contributed by atoms with Gasteiger partial charge in [0.25, 0.3) is 6.47 Å². The monoisotopic (exact) mass is 1060 g/mol. The van der Waals surface area contributed by atoms with Gasteiger partial charge in [-0.15, -0.1) is 0 Å². The van der Waals surface area contributed by atoms with E-state index in [1.807, 2.05) is 66.7 Å². The van der Waals surface area contributed by atoms with Crippen LogP contribution < -0.4 is 128 Å². The summed E-state index contributed by atoms with van der Waals surface area (Å²) in [5.74, 6) is 0.859. The molecule has 1 N–H and O–H groups in total. The summed E-state index contributed by atoms with van der Waals surface area (Å²) in [6, 6.07) is 34.3. The fourth-order valence-corrected chi connectivity index (χ4v) is 8.12. The van der Waals surface area contributed by atoms with Crippen LogP contribution in [0, 0.1) is 13.1 Å². The first kappa shape index (κ1) is 57.6. The quantitative estimate of drug-likeness (QED) is 0.0515. The molecule has 2 fully saturated rings. The summed E-state index contributed by atoms with van der Waals surface area (Å²) in [4.78, 5) is 32.8. The third-order valence-electron chi connectivity index (χ3n) is 9.64. The first-order valence-corrected chi connectivity index (χ1v) is 21.5. The molecule has 0 aliphatic carbocycles. The van der Waals surface area contributed by atoms with Crippen LogP contribution in [0.15, 0.2) is 122 Å². The minimum Gasteiger partial charge on any atom is -1.00 e. The number of carbonyl (C=O) groups is 1. The van der Waals surface area contributed by atoms with Gasteiger partial charge in [-0.25, -0.2) is 9.69 Å². The molecule has 2 aromatic heterocycles.